The molecule has 8 nitrogen and oxygen atoms in total. The first-order chi connectivity index (χ1) is 14.5. The summed E-state index contributed by atoms with van der Waals surface area (Å²) in [6.45, 7) is 1.87. The summed E-state index contributed by atoms with van der Waals surface area (Å²) >= 11 is 0. The molecule has 4 rings (SSSR count). The average Bonchev–Trinajstić information content (AvgIpc) is 3.37. The number of benzene rings is 1. The molecule has 1 unspecified atom stereocenters. The monoisotopic (exact) mass is 412 g/mol. The van der Waals surface area contributed by atoms with Crippen LogP contribution in [0.5, 0.6) is 0 Å². The second-order valence-electron chi connectivity index (χ2n) is 7.59. The van der Waals surface area contributed by atoms with Gasteiger partial charge in [-0.15, -0.1) is 5.10 Å². The molecule has 3 aromatic rings. The largest absolute Gasteiger partial charge is 0.348 e. The average molecular weight is 412 g/mol. The van der Waals surface area contributed by atoms with Crippen molar-refractivity contribution in [3.8, 4) is 0 Å². The predicted octanol–water partition coefficient (Wildman–Crippen LogP) is 2.43. The number of amides is 1. The van der Waals surface area contributed by atoms with Gasteiger partial charge in [-0.25, -0.2) is 19.4 Å². The maximum atomic E-state index is 13.7. The number of aromatic nitrogens is 3. The molecule has 1 fully saturated rings. The Labute approximate surface area is 174 Å². The molecule has 158 valence electrons. The van der Waals surface area contributed by atoms with E-state index in [4.69, 9.17) is 4.84 Å². The van der Waals surface area contributed by atoms with E-state index >= 15 is 0 Å². The minimum absolute atomic E-state index is 0.0424. The SMILES string of the molecule is CN(C)CCONC(=O)c1cnc2ccc(N3CCCC3c3cccc(F)c3)nn12. The van der Waals surface area contributed by atoms with E-state index in [1.54, 1.807) is 12.1 Å². The number of nitrogens with zero attached hydrogens (tertiary/aromatic N) is 5. The van der Waals surface area contributed by atoms with E-state index in [0.29, 0.717) is 24.5 Å². The van der Waals surface area contributed by atoms with Crippen LogP contribution in [0.2, 0.25) is 0 Å². The highest BCUT2D eigenvalue weighted by Crippen LogP contribution is 2.35. The van der Waals surface area contributed by atoms with Crippen molar-refractivity contribution in [1.29, 1.82) is 0 Å². The third-order valence-electron chi connectivity index (χ3n) is 5.17. The van der Waals surface area contributed by atoms with Crippen molar-refractivity contribution in [3.05, 3.63) is 59.7 Å². The Morgan fingerprint density at radius 3 is 3.00 bits per heavy atom. The Hall–Kier alpha value is -3.04. The van der Waals surface area contributed by atoms with Crippen LogP contribution in [0.1, 0.15) is 34.9 Å². The zero-order valence-electron chi connectivity index (χ0n) is 17.1. The first-order valence-electron chi connectivity index (χ1n) is 9.96. The predicted molar refractivity (Wildman–Crippen MR) is 111 cm³/mol. The number of hydrogen-bond acceptors (Lipinski definition) is 6. The van der Waals surface area contributed by atoms with Gasteiger partial charge in [-0.1, -0.05) is 12.1 Å². The number of nitrogens with one attached hydrogen (secondary N) is 1. The summed E-state index contributed by atoms with van der Waals surface area (Å²) in [5.41, 5.74) is 4.22. The van der Waals surface area contributed by atoms with Crippen molar-refractivity contribution in [1.82, 2.24) is 25.0 Å². The fourth-order valence-corrected chi connectivity index (χ4v) is 3.67. The normalized spacial score (nSPS) is 16.5. The molecule has 3 heterocycles. The van der Waals surface area contributed by atoms with Gasteiger partial charge < -0.3 is 9.80 Å². The first kappa shape index (κ1) is 20.2. The third-order valence-corrected chi connectivity index (χ3v) is 5.17. The molecule has 9 heteroatoms. The fourth-order valence-electron chi connectivity index (χ4n) is 3.67. The number of carbonyl (C=O) groups excluding carboxylic acids is 1. The molecule has 2 aromatic heterocycles. The number of carbonyl (C=O) groups is 1. The van der Waals surface area contributed by atoms with Crippen molar-refractivity contribution in [2.24, 2.45) is 0 Å². The zero-order chi connectivity index (χ0) is 21.1. The highest BCUT2D eigenvalue weighted by Gasteiger charge is 2.28. The lowest BCUT2D eigenvalue weighted by atomic mass is 10.0. The van der Waals surface area contributed by atoms with E-state index in [0.717, 1.165) is 30.8 Å². The van der Waals surface area contributed by atoms with E-state index in [2.05, 4.69) is 20.5 Å². The minimum atomic E-state index is -0.408. The molecule has 0 saturated carbocycles. The quantitative estimate of drug-likeness (QED) is 0.475. The number of anilines is 1. The Bertz CT molecular complexity index is 1040. The Kier molecular flexibility index (Phi) is 5.91. The number of halogens is 1. The van der Waals surface area contributed by atoms with Crippen LogP contribution in [0, 0.1) is 5.82 Å². The van der Waals surface area contributed by atoms with Crippen LogP contribution in [0.4, 0.5) is 10.2 Å². The molecule has 1 atom stereocenters. The van der Waals surface area contributed by atoms with Crippen LogP contribution in [0.3, 0.4) is 0 Å². The lowest BCUT2D eigenvalue weighted by Gasteiger charge is -2.26. The smallest absolute Gasteiger partial charge is 0.295 e. The maximum absolute atomic E-state index is 13.7. The van der Waals surface area contributed by atoms with Crippen LogP contribution in [0.25, 0.3) is 5.65 Å². The highest BCUT2D eigenvalue weighted by atomic mass is 19.1. The Morgan fingerprint density at radius 2 is 2.20 bits per heavy atom. The zero-order valence-corrected chi connectivity index (χ0v) is 17.1. The maximum Gasteiger partial charge on any atom is 0.295 e. The van der Waals surface area contributed by atoms with Crippen LogP contribution >= 0.6 is 0 Å². The van der Waals surface area contributed by atoms with E-state index in [9.17, 15) is 9.18 Å². The van der Waals surface area contributed by atoms with E-state index in [1.165, 1.54) is 16.8 Å². The van der Waals surface area contributed by atoms with Crippen LogP contribution in [-0.2, 0) is 4.84 Å². The topological polar surface area (TPSA) is 75.0 Å². The van der Waals surface area contributed by atoms with Gasteiger partial charge in [0.15, 0.2) is 11.3 Å². The van der Waals surface area contributed by atoms with Gasteiger partial charge in [-0.05, 0) is 56.8 Å². The standard InChI is InChI=1S/C21H25FN6O2/c1-26(2)11-12-30-25-21(29)18-14-23-19-8-9-20(24-28(18)19)27-10-4-7-17(27)15-5-3-6-16(22)13-15/h3,5-6,8-9,13-14,17H,4,7,10-12H2,1-2H3,(H,25,29). The van der Waals surface area contributed by atoms with Crippen molar-refractivity contribution in [2.45, 2.75) is 18.9 Å². The molecule has 0 radical (unpaired) electrons. The molecule has 30 heavy (non-hydrogen) atoms. The van der Waals surface area contributed by atoms with Gasteiger partial charge in [0.05, 0.1) is 18.8 Å². The number of imidazole rings is 1. The van der Waals surface area contributed by atoms with E-state index in [-0.39, 0.29) is 11.9 Å². The minimum Gasteiger partial charge on any atom is -0.348 e. The Balaban J connectivity index is 1.55. The van der Waals surface area contributed by atoms with Gasteiger partial charge in [-0.3, -0.25) is 9.63 Å². The van der Waals surface area contributed by atoms with E-state index < -0.39 is 5.91 Å². The van der Waals surface area contributed by atoms with Gasteiger partial charge in [0.25, 0.3) is 5.91 Å². The summed E-state index contributed by atoms with van der Waals surface area (Å²) in [6.07, 6.45) is 3.38. The number of hydrogen-bond donors (Lipinski definition) is 1. The van der Waals surface area contributed by atoms with Crippen LogP contribution < -0.4 is 10.4 Å². The first-order valence-corrected chi connectivity index (χ1v) is 9.96. The number of hydroxylamine groups is 1. The van der Waals surface area contributed by atoms with Crippen molar-refractivity contribution in [3.63, 3.8) is 0 Å². The van der Waals surface area contributed by atoms with Gasteiger partial charge in [0, 0.05) is 13.1 Å². The second-order valence-corrected chi connectivity index (χ2v) is 7.59. The second kappa shape index (κ2) is 8.76. The van der Waals surface area contributed by atoms with Crippen molar-refractivity contribution >= 4 is 17.4 Å². The molecular formula is C21H25FN6O2. The number of fused-ring (bicyclic) bond motifs is 1. The van der Waals surface area contributed by atoms with Crippen LogP contribution in [0.15, 0.2) is 42.6 Å². The van der Waals surface area contributed by atoms with Gasteiger partial charge in [-0.2, -0.15) is 0 Å². The fraction of sp³-hybridized carbons (Fsp3) is 0.381. The number of likely N-dealkylation sites (N-methyl/N-ethyl adjacent to an activating group) is 1. The molecule has 0 bridgehead atoms. The molecule has 1 saturated heterocycles. The molecule has 1 aliphatic heterocycles. The highest BCUT2D eigenvalue weighted by molar-refractivity contribution is 5.92. The van der Waals surface area contributed by atoms with E-state index in [1.807, 2.05) is 37.2 Å². The van der Waals surface area contributed by atoms with Crippen molar-refractivity contribution < 1.29 is 14.0 Å². The third kappa shape index (κ3) is 4.27. The summed E-state index contributed by atoms with van der Waals surface area (Å²) in [7, 11) is 3.85. The summed E-state index contributed by atoms with van der Waals surface area (Å²) in [4.78, 5) is 26.1. The van der Waals surface area contributed by atoms with Gasteiger partial charge in [0.1, 0.15) is 11.6 Å². The summed E-state index contributed by atoms with van der Waals surface area (Å²) in [6, 6.07) is 10.4. The lowest BCUT2D eigenvalue weighted by molar-refractivity contribution is 0.0257. The van der Waals surface area contributed by atoms with Crippen molar-refractivity contribution in [2.75, 3.05) is 38.7 Å². The molecule has 1 amide bonds. The van der Waals surface area contributed by atoms with Crippen LogP contribution in [-0.4, -0.2) is 59.2 Å². The molecule has 1 N–H and O–H groups in total. The molecular weight excluding hydrogens is 387 g/mol. The molecule has 1 aromatic carbocycles. The summed E-state index contributed by atoms with van der Waals surface area (Å²) < 4.78 is 15.2. The number of rotatable bonds is 7. The molecule has 0 spiro atoms. The van der Waals surface area contributed by atoms with Gasteiger partial charge in [0.2, 0.25) is 0 Å². The molecule has 1 aliphatic rings. The Morgan fingerprint density at radius 1 is 1.33 bits per heavy atom. The van der Waals surface area contributed by atoms with Gasteiger partial charge >= 0.3 is 0 Å². The summed E-state index contributed by atoms with van der Waals surface area (Å²) in [5.74, 6) is 0.0643. The lowest BCUT2D eigenvalue weighted by Crippen LogP contribution is -2.29. The molecule has 0 aliphatic carbocycles. The summed E-state index contributed by atoms with van der Waals surface area (Å²) in [5, 5.41) is 4.65.